The summed E-state index contributed by atoms with van der Waals surface area (Å²) in [6.07, 6.45) is 1.42. The van der Waals surface area contributed by atoms with Crippen molar-refractivity contribution in [2.45, 2.75) is 13.8 Å². The molecule has 0 saturated heterocycles. The molecule has 25 heavy (non-hydrogen) atoms. The van der Waals surface area contributed by atoms with E-state index in [4.69, 9.17) is 9.47 Å². The Hall–Kier alpha value is -3.08. The SMILES string of the molecule is CCOC=C1C(=O)N(c2ccc(C)cc2)C(=O)c2cc(OC)ccc21. The third-order valence-corrected chi connectivity index (χ3v) is 4.04. The first-order chi connectivity index (χ1) is 12.1. The van der Waals surface area contributed by atoms with Crippen molar-refractivity contribution in [3.63, 3.8) is 0 Å². The lowest BCUT2D eigenvalue weighted by Crippen LogP contribution is -2.42. The predicted molar refractivity (Wildman–Crippen MR) is 95.6 cm³/mol. The molecule has 0 N–H and O–H groups in total. The molecular weight excluding hydrogens is 318 g/mol. The highest BCUT2D eigenvalue weighted by Crippen LogP contribution is 2.34. The molecule has 1 aliphatic rings. The molecule has 2 aromatic rings. The van der Waals surface area contributed by atoms with Gasteiger partial charge in [0.05, 0.1) is 36.8 Å². The lowest BCUT2D eigenvalue weighted by molar-refractivity contribution is -0.113. The topological polar surface area (TPSA) is 55.8 Å². The zero-order chi connectivity index (χ0) is 18.0. The highest BCUT2D eigenvalue weighted by Gasteiger charge is 2.36. The van der Waals surface area contributed by atoms with E-state index in [-0.39, 0.29) is 5.91 Å². The molecule has 0 fully saturated rings. The Kier molecular flexibility index (Phi) is 4.57. The molecule has 128 valence electrons. The minimum Gasteiger partial charge on any atom is -0.501 e. The molecule has 0 aromatic heterocycles. The van der Waals surface area contributed by atoms with Gasteiger partial charge in [0.15, 0.2) is 0 Å². The van der Waals surface area contributed by atoms with Crippen LogP contribution in [0.2, 0.25) is 0 Å². The van der Waals surface area contributed by atoms with Crippen LogP contribution in [0.1, 0.15) is 28.4 Å². The van der Waals surface area contributed by atoms with Gasteiger partial charge in [-0.2, -0.15) is 0 Å². The minimum atomic E-state index is -0.403. The summed E-state index contributed by atoms with van der Waals surface area (Å²) in [5.41, 5.74) is 2.88. The summed E-state index contributed by atoms with van der Waals surface area (Å²) in [6, 6.07) is 12.3. The van der Waals surface area contributed by atoms with Gasteiger partial charge in [-0.3, -0.25) is 9.59 Å². The summed E-state index contributed by atoms with van der Waals surface area (Å²) >= 11 is 0. The number of rotatable bonds is 4. The molecule has 5 heteroatoms. The highest BCUT2D eigenvalue weighted by molar-refractivity contribution is 6.41. The van der Waals surface area contributed by atoms with E-state index in [1.807, 2.05) is 26.0 Å². The largest absolute Gasteiger partial charge is 0.501 e. The van der Waals surface area contributed by atoms with Gasteiger partial charge in [-0.25, -0.2) is 4.90 Å². The highest BCUT2D eigenvalue weighted by atomic mass is 16.5. The number of ether oxygens (including phenoxy) is 2. The molecule has 0 atom stereocenters. The summed E-state index contributed by atoms with van der Waals surface area (Å²) in [6.45, 7) is 4.22. The summed E-state index contributed by atoms with van der Waals surface area (Å²) in [5, 5.41) is 0. The van der Waals surface area contributed by atoms with Gasteiger partial charge in [-0.05, 0) is 44.2 Å². The Bertz CT molecular complexity index is 852. The zero-order valence-corrected chi connectivity index (χ0v) is 14.4. The lowest BCUT2D eigenvalue weighted by Gasteiger charge is -2.28. The van der Waals surface area contributed by atoms with Crippen molar-refractivity contribution in [2.75, 3.05) is 18.6 Å². The lowest BCUT2D eigenvalue weighted by atomic mass is 9.93. The number of amides is 2. The molecule has 1 heterocycles. The molecular formula is C20H19NO4. The Balaban J connectivity index is 2.17. The van der Waals surface area contributed by atoms with Gasteiger partial charge in [0.2, 0.25) is 0 Å². The Morgan fingerprint density at radius 2 is 1.72 bits per heavy atom. The van der Waals surface area contributed by atoms with Crippen LogP contribution in [0.3, 0.4) is 0 Å². The van der Waals surface area contributed by atoms with Crippen LogP contribution in [0.15, 0.2) is 48.7 Å². The van der Waals surface area contributed by atoms with Crippen molar-refractivity contribution < 1.29 is 19.1 Å². The van der Waals surface area contributed by atoms with Crippen LogP contribution in [0.5, 0.6) is 5.75 Å². The van der Waals surface area contributed by atoms with Crippen molar-refractivity contribution in [1.29, 1.82) is 0 Å². The number of fused-ring (bicyclic) bond motifs is 1. The fourth-order valence-electron chi connectivity index (χ4n) is 2.72. The maximum Gasteiger partial charge on any atom is 0.269 e. The van der Waals surface area contributed by atoms with Gasteiger partial charge in [0.25, 0.3) is 11.8 Å². The van der Waals surface area contributed by atoms with Crippen molar-refractivity contribution in [2.24, 2.45) is 0 Å². The normalized spacial score (nSPS) is 15.3. The fraction of sp³-hybridized carbons (Fsp3) is 0.200. The number of methoxy groups -OCH3 is 1. The van der Waals surface area contributed by atoms with Crippen molar-refractivity contribution in [1.82, 2.24) is 0 Å². The van der Waals surface area contributed by atoms with E-state index >= 15 is 0 Å². The van der Waals surface area contributed by atoms with E-state index in [1.54, 1.807) is 30.3 Å². The Morgan fingerprint density at radius 3 is 2.36 bits per heavy atom. The van der Waals surface area contributed by atoms with Crippen LogP contribution in [0.4, 0.5) is 5.69 Å². The molecule has 0 unspecified atom stereocenters. The van der Waals surface area contributed by atoms with E-state index in [0.717, 1.165) is 5.56 Å². The van der Waals surface area contributed by atoms with E-state index in [1.165, 1.54) is 18.3 Å². The summed E-state index contributed by atoms with van der Waals surface area (Å²) < 4.78 is 10.6. The van der Waals surface area contributed by atoms with Gasteiger partial charge in [0.1, 0.15) is 5.75 Å². The van der Waals surface area contributed by atoms with E-state index in [0.29, 0.717) is 34.7 Å². The van der Waals surface area contributed by atoms with Gasteiger partial charge in [-0.15, -0.1) is 0 Å². The van der Waals surface area contributed by atoms with E-state index in [2.05, 4.69) is 0 Å². The number of benzene rings is 2. The summed E-state index contributed by atoms with van der Waals surface area (Å²) in [7, 11) is 1.54. The number of hydrogen-bond acceptors (Lipinski definition) is 4. The van der Waals surface area contributed by atoms with Crippen LogP contribution in [0, 0.1) is 6.92 Å². The van der Waals surface area contributed by atoms with E-state index < -0.39 is 5.91 Å². The van der Waals surface area contributed by atoms with Crippen molar-refractivity contribution >= 4 is 23.1 Å². The summed E-state index contributed by atoms with van der Waals surface area (Å²) in [5.74, 6) is -0.225. The second-order valence-corrected chi connectivity index (χ2v) is 5.68. The first-order valence-corrected chi connectivity index (χ1v) is 8.02. The third kappa shape index (κ3) is 3.01. The molecule has 0 radical (unpaired) electrons. The Labute approximate surface area is 146 Å². The first kappa shape index (κ1) is 16.8. The quantitative estimate of drug-likeness (QED) is 0.486. The van der Waals surface area contributed by atoms with E-state index in [9.17, 15) is 9.59 Å². The number of aryl methyl sites for hydroxylation is 1. The molecule has 0 aliphatic carbocycles. The first-order valence-electron chi connectivity index (χ1n) is 8.02. The van der Waals surface area contributed by atoms with Crippen LogP contribution >= 0.6 is 0 Å². The average molecular weight is 337 g/mol. The monoisotopic (exact) mass is 337 g/mol. The summed E-state index contributed by atoms with van der Waals surface area (Å²) in [4.78, 5) is 27.1. The van der Waals surface area contributed by atoms with Crippen molar-refractivity contribution in [3.05, 3.63) is 65.4 Å². The number of imide groups is 1. The molecule has 3 rings (SSSR count). The second-order valence-electron chi connectivity index (χ2n) is 5.68. The molecule has 1 aliphatic heterocycles. The van der Waals surface area contributed by atoms with Crippen LogP contribution in [-0.4, -0.2) is 25.5 Å². The standard InChI is InChI=1S/C20H19NO4/c1-4-25-12-18-16-10-9-15(24-3)11-17(16)19(22)21(20(18)23)14-7-5-13(2)6-8-14/h5-12H,4H2,1-3H3. The second kappa shape index (κ2) is 6.81. The number of anilines is 1. The molecule has 0 saturated carbocycles. The van der Waals surface area contributed by atoms with Gasteiger partial charge in [0, 0.05) is 5.56 Å². The number of hydrogen-bond donors (Lipinski definition) is 0. The van der Waals surface area contributed by atoms with Crippen LogP contribution in [-0.2, 0) is 9.53 Å². The van der Waals surface area contributed by atoms with Gasteiger partial charge < -0.3 is 9.47 Å². The molecule has 2 aromatic carbocycles. The number of nitrogens with zero attached hydrogens (tertiary/aromatic N) is 1. The maximum absolute atomic E-state index is 13.0. The average Bonchev–Trinajstić information content (AvgIpc) is 2.63. The molecule has 0 spiro atoms. The van der Waals surface area contributed by atoms with Crippen molar-refractivity contribution in [3.8, 4) is 5.75 Å². The molecule has 0 bridgehead atoms. The number of carbonyl (C=O) groups excluding carboxylic acids is 2. The fourth-order valence-corrected chi connectivity index (χ4v) is 2.72. The van der Waals surface area contributed by atoms with Gasteiger partial charge >= 0.3 is 0 Å². The Morgan fingerprint density at radius 1 is 1.00 bits per heavy atom. The van der Waals surface area contributed by atoms with Crippen LogP contribution < -0.4 is 9.64 Å². The third-order valence-electron chi connectivity index (χ3n) is 4.04. The minimum absolute atomic E-state index is 0.347. The maximum atomic E-state index is 13.0. The molecule has 5 nitrogen and oxygen atoms in total. The van der Waals surface area contributed by atoms with Gasteiger partial charge in [-0.1, -0.05) is 17.7 Å². The van der Waals surface area contributed by atoms with Crippen LogP contribution in [0.25, 0.3) is 5.57 Å². The smallest absolute Gasteiger partial charge is 0.269 e. The predicted octanol–water partition coefficient (Wildman–Crippen LogP) is 3.57. The number of carbonyl (C=O) groups is 2. The molecule has 2 amide bonds. The zero-order valence-electron chi connectivity index (χ0n) is 14.4.